The van der Waals surface area contributed by atoms with Gasteiger partial charge in [0.15, 0.2) is 9.84 Å². The summed E-state index contributed by atoms with van der Waals surface area (Å²) in [6.07, 6.45) is 1.92. The Morgan fingerprint density at radius 1 is 1.10 bits per heavy atom. The summed E-state index contributed by atoms with van der Waals surface area (Å²) in [6, 6.07) is 10.3. The third-order valence-electron chi connectivity index (χ3n) is 5.31. The molecule has 1 aliphatic heterocycles. The molecule has 31 heavy (non-hydrogen) atoms. The Kier molecular flexibility index (Phi) is 6.36. The molecule has 0 bridgehead atoms. The van der Waals surface area contributed by atoms with Gasteiger partial charge in [0.25, 0.3) is 0 Å². The fourth-order valence-electron chi connectivity index (χ4n) is 3.48. The number of rotatable bonds is 5. The number of sulfone groups is 1. The maximum atomic E-state index is 12.8. The number of amides is 1. The van der Waals surface area contributed by atoms with Crippen LogP contribution in [-0.2, 0) is 21.7 Å². The number of aryl methyl sites for hydroxylation is 1. The first kappa shape index (κ1) is 21.9. The molecule has 0 spiro atoms. The summed E-state index contributed by atoms with van der Waals surface area (Å²) < 4.78 is 27.5. The molecular formula is C21H23ClN4O3S2. The number of nitrogens with zero attached hydrogens (tertiary/aromatic N) is 4. The highest BCUT2D eigenvalue weighted by molar-refractivity contribution is 7.91. The number of carbonyl (C=O) groups is 1. The number of benzene rings is 2. The second-order valence-corrected chi connectivity index (χ2v) is 10.9. The average molecular weight is 479 g/mol. The van der Waals surface area contributed by atoms with Crippen LogP contribution in [0.1, 0.15) is 6.42 Å². The monoisotopic (exact) mass is 478 g/mol. The molecule has 1 aliphatic rings. The molecule has 0 radical (unpaired) electrons. The van der Waals surface area contributed by atoms with Gasteiger partial charge in [0.2, 0.25) is 10.7 Å². The van der Waals surface area contributed by atoms with Gasteiger partial charge in [0, 0.05) is 43.2 Å². The fourth-order valence-corrected chi connectivity index (χ4v) is 5.67. The van der Waals surface area contributed by atoms with Crippen LogP contribution in [0.3, 0.4) is 0 Å². The van der Waals surface area contributed by atoms with Crippen LogP contribution in [0.4, 0.5) is 0 Å². The number of hydrogen-bond donors (Lipinski definition) is 0. The molecule has 10 heteroatoms. The number of fused-ring (bicyclic) bond motifs is 1. The van der Waals surface area contributed by atoms with E-state index in [2.05, 4.69) is 5.10 Å². The van der Waals surface area contributed by atoms with Crippen molar-refractivity contribution in [1.82, 2.24) is 14.5 Å². The van der Waals surface area contributed by atoms with E-state index >= 15 is 0 Å². The molecule has 2 aromatic carbocycles. The van der Waals surface area contributed by atoms with Crippen molar-refractivity contribution in [3.8, 4) is 0 Å². The SMILES string of the molecule is Cn1ccsc1=NN1CCN(C(=O)CCS(=O)(=O)c2ccc3cc(Cl)ccc3c2)CC1. The van der Waals surface area contributed by atoms with E-state index in [9.17, 15) is 13.2 Å². The first-order chi connectivity index (χ1) is 14.8. The lowest BCUT2D eigenvalue weighted by Gasteiger charge is -2.32. The molecule has 4 rings (SSSR count). The number of thiazole rings is 1. The van der Waals surface area contributed by atoms with Gasteiger partial charge in [-0.2, -0.15) is 0 Å². The normalized spacial score (nSPS) is 15.6. The van der Waals surface area contributed by atoms with Gasteiger partial charge in [-0.25, -0.2) is 8.42 Å². The summed E-state index contributed by atoms with van der Waals surface area (Å²) in [4.78, 5) is 15.5. The summed E-state index contributed by atoms with van der Waals surface area (Å²) in [5.74, 6) is -0.349. The molecule has 1 fully saturated rings. The van der Waals surface area contributed by atoms with E-state index in [1.165, 1.54) is 0 Å². The zero-order chi connectivity index (χ0) is 22.0. The summed E-state index contributed by atoms with van der Waals surface area (Å²) >= 11 is 7.55. The lowest BCUT2D eigenvalue weighted by molar-refractivity contribution is -0.132. The second kappa shape index (κ2) is 9.02. The van der Waals surface area contributed by atoms with E-state index in [0.29, 0.717) is 31.2 Å². The molecule has 0 N–H and O–H groups in total. The van der Waals surface area contributed by atoms with E-state index in [4.69, 9.17) is 11.6 Å². The van der Waals surface area contributed by atoms with Gasteiger partial charge < -0.3 is 9.47 Å². The minimum atomic E-state index is -3.56. The highest BCUT2D eigenvalue weighted by Gasteiger charge is 2.23. The molecule has 1 saturated heterocycles. The standard InChI is InChI=1S/C21H23ClN4O3S2/c1-24-11-12-30-21(24)23-26-9-7-25(8-10-26)20(27)6-13-31(28,29)19-5-3-16-14-18(22)4-2-17(16)15-19/h2-5,11-12,14-15H,6-10,13H2,1H3. The van der Waals surface area contributed by atoms with Crippen LogP contribution in [0.2, 0.25) is 5.02 Å². The maximum Gasteiger partial charge on any atom is 0.223 e. The smallest absolute Gasteiger partial charge is 0.223 e. The van der Waals surface area contributed by atoms with Gasteiger partial charge in [0.05, 0.1) is 23.7 Å². The van der Waals surface area contributed by atoms with Crippen LogP contribution in [-0.4, -0.2) is 60.7 Å². The zero-order valence-corrected chi connectivity index (χ0v) is 19.5. The molecule has 0 atom stereocenters. The predicted octanol–water partition coefficient (Wildman–Crippen LogP) is 2.72. The summed E-state index contributed by atoms with van der Waals surface area (Å²) in [5.41, 5.74) is 0. The summed E-state index contributed by atoms with van der Waals surface area (Å²) in [6.45, 7) is 2.33. The average Bonchev–Trinajstić information content (AvgIpc) is 3.16. The van der Waals surface area contributed by atoms with Crippen molar-refractivity contribution in [2.24, 2.45) is 12.1 Å². The number of hydrogen-bond acceptors (Lipinski definition) is 6. The number of piperazine rings is 1. The number of halogens is 1. The summed E-state index contributed by atoms with van der Waals surface area (Å²) in [5, 5.41) is 10.8. The van der Waals surface area contributed by atoms with Crippen LogP contribution < -0.4 is 4.80 Å². The first-order valence-electron chi connectivity index (χ1n) is 9.91. The third kappa shape index (κ3) is 5.11. The summed E-state index contributed by atoms with van der Waals surface area (Å²) in [7, 11) is -1.61. The van der Waals surface area contributed by atoms with Gasteiger partial charge in [-0.3, -0.25) is 9.80 Å². The topological polar surface area (TPSA) is 75.0 Å². The Balaban J connectivity index is 1.35. The van der Waals surface area contributed by atoms with E-state index in [-0.39, 0.29) is 23.0 Å². The fraction of sp³-hybridized carbons (Fsp3) is 0.333. The third-order valence-corrected chi connectivity index (χ3v) is 8.10. The van der Waals surface area contributed by atoms with Gasteiger partial charge >= 0.3 is 0 Å². The Morgan fingerprint density at radius 2 is 1.81 bits per heavy atom. The molecule has 1 amide bonds. The van der Waals surface area contributed by atoms with E-state index < -0.39 is 9.84 Å². The van der Waals surface area contributed by atoms with Crippen LogP contribution >= 0.6 is 22.9 Å². The molecule has 3 aromatic rings. The maximum absolute atomic E-state index is 12.8. The highest BCUT2D eigenvalue weighted by Crippen LogP contribution is 2.23. The van der Waals surface area contributed by atoms with Crippen molar-refractivity contribution in [3.05, 3.63) is 57.8 Å². The largest absolute Gasteiger partial charge is 0.339 e. The Bertz CT molecular complexity index is 1280. The van der Waals surface area contributed by atoms with Crippen LogP contribution in [0.15, 0.2) is 58.0 Å². The lowest BCUT2D eigenvalue weighted by Crippen LogP contribution is -2.47. The minimum absolute atomic E-state index is 0.0297. The Morgan fingerprint density at radius 3 is 2.52 bits per heavy atom. The van der Waals surface area contributed by atoms with Gasteiger partial charge in [-0.15, -0.1) is 16.4 Å². The van der Waals surface area contributed by atoms with Crippen molar-refractivity contribution in [1.29, 1.82) is 0 Å². The Labute approximate surface area is 190 Å². The van der Waals surface area contributed by atoms with Gasteiger partial charge in [0.1, 0.15) is 0 Å². The molecule has 1 aromatic heterocycles. The lowest BCUT2D eigenvalue weighted by atomic mass is 10.1. The molecule has 7 nitrogen and oxygen atoms in total. The molecule has 0 aliphatic carbocycles. The van der Waals surface area contributed by atoms with Gasteiger partial charge in [-0.05, 0) is 35.0 Å². The van der Waals surface area contributed by atoms with E-state index in [1.807, 2.05) is 28.2 Å². The van der Waals surface area contributed by atoms with Crippen LogP contribution in [0, 0.1) is 0 Å². The number of aromatic nitrogens is 1. The predicted molar refractivity (Wildman–Crippen MR) is 123 cm³/mol. The van der Waals surface area contributed by atoms with Crippen molar-refractivity contribution in [2.45, 2.75) is 11.3 Å². The van der Waals surface area contributed by atoms with Crippen LogP contribution in [0.25, 0.3) is 10.8 Å². The van der Waals surface area contributed by atoms with Crippen molar-refractivity contribution in [2.75, 3.05) is 31.9 Å². The highest BCUT2D eigenvalue weighted by atomic mass is 35.5. The van der Waals surface area contributed by atoms with E-state index in [0.717, 1.165) is 15.6 Å². The Hall–Kier alpha value is -2.36. The number of carbonyl (C=O) groups excluding carboxylic acids is 1. The quantitative estimate of drug-likeness (QED) is 0.565. The molecule has 2 heterocycles. The zero-order valence-electron chi connectivity index (χ0n) is 17.1. The molecular weight excluding hydrogens is 456 g/mol. The first-order valence-corrected chi connectivity index (χ1v) is 12.8. The van der Waals surface area contributed by atoms with Crippen molar-refractivity contribution in [3.63, 3.8) is 0 Å². The minimum Gasteiger partial charge on any atom is -0.339 e. The van der Waals surface area contributed by atoms with Crippen LogP contribution in [0.5, 0.6) is 0 Å². The van der Waals surface area contributed by atoms with E-state index in [1.54, 1.807) is 52.6 Å². The van der Waals surface area contributed by atoms with Crippen molar-refractivity contribution >= 4 is 49.5 Å². The van der Waals surface area contributed by atoms with Gasteiger partial charge in [-0.1, -0.05) is 23.7 Å². The second-order valence-electron chi connectivity index (χ2n) is 7.45. The van der Waals surface area contributed by atoms with Crippen molar-refractivity contribution < 1.29 is 13.2 Å². The molecule has 164 valence electrons. The molecule has 0 unspecified atom stereocenters. The molecule has 0 saturated carbocycles.